The quantitative estimate of drug-likeness (QED) is 0.244. The molecule has 0 saturated carbocycles. The molecule has 0 saturated heterocycles. The van der Waals surface area contributed by atoms with Crippen molar-refractivity contribution in [3.05, 3.63) is 0 Å². The topological polar surface area (TPSA) is 93.7 Å². The van der Waals surface area contributed by atoms with Crippen molar-refractivity contribution in [1.82, 2.24) is 10.0 Å². The van der Waals surface area contributed by atoms with Crippen molar-refractivity contribution in [3.8, 4) is 0 Å². The van der Waals surface area contributed by atoms with Crippen molar-refractivity contribution < 1.29 is 23.9 Å². The number of unbranched alkanes of at least 4 members (excludes halogenated alkanes) is 1. The molecule has 8 heteroatoms. The van der Waals surface area contributed by atoms with Crippen LogP contribution in [0.25, 0.3) is 0 Å². The van der Waals surface area contributed by atoms with E-state index >= 15 is 0 Å². The monoisotopic (exact) mass is 390 g/mol. The minimum absolute atomic E-state index is 0.0142. The van der Waals surface area contributed by atoms with Crippen LogP contribution in [-0.4, -0.2) is 57.0 Å². The molecule has 0 radical (unpaired) electrons. The molecule has 0 aromatic carbocycles. The van der Waals surface area contributed by atoms with Gasteiger partial charge in [-0.3, -0.25) is 19.1 Å². The maximum absolute atomic E-state index is 11.6. The third kappa shape index (κ3) is 16.5. The highest BCUT2D eigenvalue weighted by atomic mass is 32.1. The van der Waals surface area contributed by atoms with E-state index in [1.165, 1.54) is 0 Å². The summed E-state index contributed by atoms with van der Waals surface area (Å²) >= 11 is 3.87. The number of hydrogen-bond donors (Lipinski definition) is 3. The first-order valence-corrected chi connectivity index (χ1v) is 9.75. The normalized spacial score (nSPS) is 10.9. The fourth-order valence-electron chi connectivity index (χ4n) is 2.01. The number of rotatable bonds is 18. The minimum atomic E-state index is -0.0286. The second-order valence-electron chi connectivity index (χ2n) is 6.39. The van der Waals surface area contributed by atoms with Crippen molar-refractivity contribution in [2.24, 2.45) is 5.92 Å². The zero-order valence-corrected chi connectivity index (χ0v) is 16.9. The van der Waals surface area contributed by atoms with E-state index in [0.29, 0.717) is 52.0 Å². The first kappa shape index (κ1) is 25.0. The number of ether oxygens (including phenoxy) is 2. The number of amides is 1. The smallest absolute Gasteiger partial charge is 0.220 e. The molecule has 1 amide bonds. The van der Waals surface area contributed by atoms with Crippen LogP contribution in [0, 0.1) is 5.92 Å². The Labute approximate surface area is 162 Å². The van der Waals surface area contributed by atoms with Gasteiger partial charge in [0, 0.05) is 38.3 Å². The fraction of sp³-hybridized carbons (Fsp3) is 0.833. The average molecular weight is 391 g/mol. The van der Waals surface area contributed by atoms with Gasteiger partial charge in [0.25, 0.3) is 0 Å². The number of nitrogens with one attached hydrogen (secondary N) is 2. The average Bonchev–Trinajstić information content (AvgIpc) is 2.60. The minimum Gasteiger partial charge on any atom is -0.377 e. The van der Waals surface area contributed by atoms with Crippen LogP contribution in [0.3, 0.4) is 0 Å². The van der Waals surface area contributed by atoms with Gasteiger partial charge in [0.2, 0.25) is 5.91 Å². The van der Waals surface area contributed by atoms with Crippen molar-refractivity contribution in [2.75, 3.05) is 39.5 Å². The summed E-state index contributed by atoms with van der Waals surface area (Å²) in [6.45, 7) is 6.13. The SMILES string of the molecule is CC(C)C(=O)COCCOCCNC(=O)CCCCC(=O)CCCNS. The van der Waals surface area contributed by atoms with Crippen LogP contribution >= 0.6 is 12.8 Å². The Hall–Kier alpha value is -0.960. The Kier molecular flexibility index (Phi) is 16.8. The van der Waals surface area contributed by atoms with Gasteiger partial charge in [0.05, 0.1) is 19.8 Å². The highest BCUT2D eigenvalue weighted by molar-refractivity contribution is 7.78. The summed E-state index contributed by atoms with van der Waals surface area (Å²) in [6, 6.07) is 0. The summed E-state index contributed by atoms with van der Waals surface area (Å²) in [5.41, 5.74) is 0. The fourth-order valence-corrected chi connectivity index (χ4v) is 2.17. The Bertz CT molecular complexity index is 405. The van der Waals surface area contributed by atoms with Gasteiger partial charge in [-0.05, 0) is 19.3 Å². The number of hydrogen-bond acceptors (Lipinski definition) is 7. The molecule has 0 aliphatic heterocycles. The van der Waals surface area contributed by atoms with E-state index in [9.17, 15) is 14.4 Å². The summed E-state index contributed by atoms with van der Waals surface area (Å²) < 4.78 is 13.2. The first-order valence-electron chi connectivity index (χ1n) is 9.31. The number of carbonyl (C=O) groups is 3. The van der Waals surface area contributed by atoms with Gasteiger partial charge in [-0.15, -0.1) is 0 Å². The van der Waals surface area contributed by atoms with Crippen LogP contribution in [0.4, 0.5) is 0 Å². The summed E-state index contributed by atoms with van der Waals surface area (Å²) in [6.07, 6.45) is 3.76. The van der Waals surface area contributed by atoms with Gasteiger partial charge in [0.15, 0.2) is 5.78 Å². The Morgan fingerprint density at radius 2 is 1.54 bits per heavy atom. The van der Waals surface area contributed by atoms with Gasteiger partial charge in [0.1, 0.15) is 12.4 Å². The molecule has 152 valence electrons. The second-order valence-corrected chi connectivity index (χ2v) is 6.71. The van der Waals surface area contributed by atoms with Crippen LogP contribution in [0.2, 0.25) is 0 Å². The molecule has 0 unspecified atom stereocenters. The van der Waals surface area contributed by atoms with Crippen LogP contribution in [-0.2, 0) is 23.9 Å². The molecular formula is C18H34N2O5S. The zero-order chi connectivity index (χ0) is 19.6. The van der Waals surface area contributed by atoms with Crippen LogP contribution in [0.5, 0.6) is 0 Å². The lowest BCUT2D eigenvalue weighted by atomic mass is 10.1. The van der Waals surface area contributed by atoms with Crippen molar-refractivity contribution in [1.29, 1.82) is 0 Å². The summed E-state index contributed by atoms with van der Waals surface area (Å²) in [4.78, 5) is 34.5. The standard InChI is InChI=1S/C18H34N2O5S/c1-15(2)17(22)14-25-13-12-24-11-10-19-18(23)8-4-3-6-16(21)7-5-9-20-26/h15,20,26H,3-14H2,1-2H3,(H,19,23). The Balaban J connectivity index is 3.37. The molecule has 0 aliphatic rings. The van der Waals surface area contributed by atoms with Gasteiger partial charge in [-0.1, -0.05) is 26.7 Å². The third-order valence-corrected chi connectivity index (χ3v) is 3.91. The number of Topliss-reactive ketones (excluding diaryl/α,β-unsaturated/α-hetero) is 2. The molecule has 0 fully saturated rings. The molecule has 7 nitrogen and oxygen atoms in total. The highest BCUT2D eigenvalue weighted by Gasteiger charge is 2.06. The maximum Gasteiger partial charge on any atom is 0.220 e. The molecule has 0 rings (SSSR count). The summed E-state index contributed by atoms with van der Waals surface area (Å²) in [5, 5.41) is 2.78. The Morgan fingerprint density at radius 3 is 2.23 bits per heavy atom. The molecule has 2 N–H and O–H groups in total. The van der Waals surface area contributed by atoms with Crippen molar-refractivity contribution in [3.63, 3.8) is 0 Å². The lowest BCUT2D eigenvalue weighted by Crippen LogP contribution is -2.27. The zero-order valence-electron chi connectivity index (χ0n) is 16.1. The van der Waals surface area contributed by atoms with Gasteiger partial charge >= 0.3 is 0 Å². The first-order chi connectivity index (χ1) is 12.5. The predicted molar refractivity (Wildman–Crippen MR) is 104 cm³/mol. The largest absolute Gasteiger partial charge is 0.377 e. The predicted octanol–water partition coefficient (Wildman–Crippen LogP) is 1.70. The second kappa shape index (κ2) is 17.5. The number of carbonyl (C=O) groups excluding carboxylic acids is 3. The molecule has 26 heavy (non-hydrogen) atoms. The number of thiol groups is 1. The van der Waals surface area contributed by atoms with Gasteiger partial charge < -0.3 is 14.8 Å². The van der Waals surface area contributed by atoms with E-state index < -0.39 is 0 Å². The lowest BCUT2D eigenvalue weighted by Gasteiger charge is -2.08. The van der Waals surface area contributed by atoms with E-state index in [-0.39, 0.29) is 30.0 Å². The van der Waals surface area contributed by atoms with E-state index in [1.54, 1.807) is 0 Å². The molecule has 0 spiro atoms. The van der Waals surface area contributed by atoms with Gasteiger partial charge in [-0.25, -0.2) is 0 Å². The van der Waals surface area contributed by atoms with E-state index in [0.717, 1.165) is 19.4 Å². The molecular weight excluding hydrogens is 356 g/mol. The van der Waals surface area contributed by atoms with Crippen molar-refractivity contribution >= 4 is 30.3 Å². The highest BCUT2D eigenvalue weighted by Crippen LogP contribution is 2.04. The Morgan fingerprint density at radius 1 is 0.885 bits per heavy atom. The molecule has 0 aromatic rings. The van der Waals surface area contributed by atoms with E-state index in [4.69, 9.17) is 9.47 Å². The maximum atomic E-state index is 11.6. The molecule has 0 aliphatic carbocycles. The molecule has 0 heterocycles. The van der Waals surface area contributed by atoms with E-state index in [1.807, 2.05) is 13.8 Å². The van der Waals surface area contributed by atoms with Crippen LogP contribution in [0.1, 0.15) is 52.4 Å². The van der Waals surface area contributed by atoms with Gasteiger partial charge in [-0.2, -0.15) is 0 Å². The third-order valence-electron chi connectivity index (χ3n) is 3.68. The van der Waals surface area contributed by atoms with Crippen LogP contribution in [0.15, 0.2) is 0 Å². The van der Waals surface area contributed by atoms with Crippen molar-refractivity contribution in [2.45, 2.75) is 52.4 Å². The number of ketones is 2. The van der Waals surface area contributed by atoms with E-state index in [2.05, 4.69) is 22.9 Å². The van der Waals surface area contributed by atoms with Crippen LogP contribution < -0.4 is 10.0 Å². The summed E-state index contributed by atoms with van der Waals surface area (Å²) in [7, 11) is 0. The summed E-state index contributed by atoms with van der Waals surface area (Å²) in [5.74, 6) is 0.270. The molecule has 0 aromatic heterocycles. The molecule has 0 bridgehead atoms. The lowest BCUT2D eigenvalue weighted by molar-refractivity contribution is -0.127. The molecule has 0 atom stereocenters.